The fourth-order valence-electron chi connectivity index (χ4n) is 2.05. The molecule has 0 saturated carbocycles. The van der Waals surface area contributed by atoms with Gasteiger partial charge in [-0.25, -0.2) is 4.39 Å². The molecule has 106 valence electrons. The lowest BCUT2D eigenvalue weighted by molar-refractivity contribution is 0.174. The minimum absolute atomic E-state index is 0.217. The second-order valence-electron chi connectivity index (χ2n) is 4.45. The summed E-state index contributed by atoms with van der Waals surface area (Å²) in [5.41, 5.74) is 1.81. The maximum absolute atomic E-state index is 13.1. The van der Waals surface area contributed by atoms with Gasteiger partial charge in [0.25, 0.3) is 0 Å². The van der Waals surface area contributed by atoms with E-state index in [0.29, 0.717) is 23.7 Å². The first-order chi connectivity index (χ1) is 10.2. The van der Waals surface area contributed by atoms with Crippen LogP contribution in [-0.2, 0) is 6.54 Å². The molecule has 0 bridgehead atoms. The molecule has 6 heteroatoms. The highest BCUT2D eigenvalue weighted by Gasteiger charge is 2.16. The summed E-state index contributed by atoms with van der Waals surface area (Å²) < 4.78 is 24.6. The van der Waals surface area contributed by atoms with Gasteiger partial charge in [0.05, 0.1) is 11.3 Å². The predicted octanol–water partition coefficient (Wildman–Crippen LogP) is 3.80. The van der Waals surface area contributed by atoms with E-state index in [0.717, 1.165) is 10.0 Å². The summed E-state index contributed by atoms with van der Waals surface area (Å²) in [4.78, 5) is 0. The lowest BCUT2D eigenvalue weighted by atomic mass is 10.1. The third-order valence-corrected chi connectivity index (χ3v) is 3.85. The Morgan fingerprint density at radius 3 is 2.76 bits per heavy atom. The molecule has 0 spiro atoms. The highest BCUT2D eigenvalue weighted by atomic mass is 79.9. The van der Waals surface area contributed by atoms with E-state index in [9.17, 15) is 4.39 Å². The van der Waals surface area contributed by atoms with Crippen LogP contribution in [0.25, 0.3) is 0 Å². The van der Waals surface area contributed by atoms with Crippen molar-refractivity contribution in [1.82, 2.24) is 0 Å². The molecule has 0 fully saturated rings. The molecule has 4 nitrogen and oxygen atoms in total. The van der Waals surface area contributed by atoms with Gasteiger partial charge in [-0.15, -0.1) is 0 Å². The number of benzene rings is 2. The zero-order valence-corrected chi connectivity index (χ0v) is 12.4. The van der Waals surface area contributed by atoms with Crippen LogP contribution in [0.4, 0.5) is 10.1 Å². The molecule has 3 rings (SSSR count). The molecule has 21 heavy (non-hydrogen) atoms. The van der Waals surface area contributed by atoms with Crippen LogP contribution in [0.1, 0.15) is 11.1 Å². The second kappa shape index (κ2) is 5.62. The van der Waals surface area contributed by atoms with E-state index < -0.39 is 5.82 Å². The molecule has 0 atom stereocenters. The minimum Gasteiger partial charge on any atom is -0.454 e. The van der Waals surface area contributed by atoms with Crippen molar-refractivity contribution in [1.29, 1.82) is 5.26 Å². The number of nitrogens with one attached hydrogen (secondary N) is 1. The number of nitrogens with zero attached hydrogens (tertiary/aromatic N) is 1. The van der Waals surface area contributed by atoms with Crippen molar-refractivity contribution in [2.24, 2.45) is 0 Å². The second-order valence-corrected chi connectivity index (χ2v) is 5.31. The van der Waals surface area contributed by atoms with Crippen LogP contribution in [0, 0.1) is 17.1 Å². The van der Waals surface area contributed by atoms with E-state index in [1.54, 1.807) is 6.07 Å². The van der Waals surface area contributed by atoms with Gasteiger partial charge < -0.3 is 14.8 Å². The van der Waals surface area contributed by atoms with E-state index in [-0.39, 0.29) is 12.4 Å². The first-order valence-electron chi connectivity index (χ1n) is 6.19. The number of hydrogen-bond donors (Lipinski definition) is 1. The number of rotatable bonds is 3. The molecule has 1 N–H and O–H groups in total. The quantitative estimate of drug-likeness (QED) is 0.916. The third-order valence-electron chi connectivity index (χ3n) is 3.11. The van der Waals surface area contributed by atoms with Gasteiger partial charge in [0, 0.05) is 11.0 Å². The SMILES string of the molecule is N#Cc1cc(F)ccc1NCc1cc2c(cc1Br)OCO2. The molecule has 0 aromatic heterocycles. The lowest BCUT2D eigenvalue weighted by Crippen LogP contribution is -2.02. The van der Waals surface area contributed by atoms with Gasteiger partial charge in [0.1, 0.15) is 11.9 Å². The Bertz CT molecular complexity index is 743. The molecule has 0 radical (unpaired) electrons. The Morgan fingerprint density at radius 1 is 1.24 bits per heavy atom. The van der Waals surface area contributed by atoms with Gasteiger partial charge in [-0.3, -0.25) is 0 Å². The molecule has 1 aliphatic rings. The summed E-state index contributed by atoms with van der Waals surface area (Å²) >= 11 is 3.47. The zero-order valence-electron chi connectivity index (χ0n) is 10.8. The van der Waals surface area contributed by atoms with Crippen LogP contribution >= 0.6 is 15.9 Å². The average Bonchev–Trinajstić information content (AvgIpc) is 2.92. The molecule has 0 aliphatic carbocycles. The summed E-state index contributed by atoms with van der Waals surface area (Å²) in [6.07, 6.45) is 0. The Morgan fingerprint density at radius 2 is 2.00 bits per heavy atom. The number of anilines is 1. The fraction of sp³-hybridized carbons (Fsp3) is 0.133. The first kappa shape index (κ1) is 13.7. The number of ether oxygens (including phenoxy) is 2. The zero-order chi connectivity index (χ0) is 14.8. The highest BCUT2D eigenvalue weighted by Crippen LogP contribution is 2.37. The molecule has 2 aromatic rings. The van der Waals surface area contributed by atoms with Crippen LogP contribution in [-0.4, -0.2) is 6.79 Å². The monoisotopic (exact) mass is 348 g/mol. The van der Waals surface area contributed by atoms with Crippen molar-refractivity contribution in [3.8, 4) is 17.6 Å². The summed E-state index contributed by atoms with van der Waals surface area (Å²) in [6, 6.07) is 9.76. The summed E-state index contributed by atoms with van der Waals surface area (Å²) in [5, 5.41) is 12.1. The Hall–Kier alpha value is -2.26. The summed E-state index contributed by atoms with van der Waals surface area (Å²) in [6.45, 7) is 0.687. The summed E-state index contributed by atoms with van der Waals surface area (Å²) in [5.74, 6) is 0.959. The number of halogens is 2. The van der Waals surface area contributed by atoms with E-state index >= 15 is 0 Å². The highest BCUT2D eigenvalue weighted by molar-refractivity contribution is 9.10. The van der Waals surface area contributed by atoms with Crippen LogP contribution in [0.3, 0.4) is 0 Å². The lowest BCUT2D eigenvalue weighted by Gasteiger charge is -2.10. The molecule has 1 heterocycles. The maximum atomic E-state index is 13.1. The van der Waals surface area contributed by atoms with Gasteiger partial charge in [0.15, 0.2) is 11.5 Å². The normalized spacial score (nSPS) is 12.0. The van der Waals surface area contributed by atoms with Gasteiger partial charge in [-0.2, -0.15) is 5.26 Å². The van der Waals surface area contributed by atoms with Crippen molar-refractivity contribution in [2.75, 3.05) is 12.1 Å². The van der Waals surface area contributed by atoms with Crippen molar-refractivity contribution < 1.29 is 13.9 Å². The molecular weight excluding hydrogens is 339 g/mol. The smallest absolute Gasteiger partial charge is 0.231 e. The van der Waals surface area contributed by atoms with Crippen molar-refractivity contribution in [3.05, 3.63) is 51.7 Å². The molecule has 0 amide bonds. The third kappa shape index (κ3) is 2.78. The van der Waals surface area contributed by atoms with Crippen LogP contribution in [0.5, 0.6) is 11.5 Å². The van der Waals surface area contributed by atoms with E-state index in [4.69, 9.17) is 14.7 Å². The molecule has 0 saturated heterocycles. The average molecular weight is 349 g/mol. The number of fused-ring (bicyclic) bond motifs is 1. The molecule has 2 aromatic carbocycles. The van der Waals surface area contributed by atoms with Crippen LogP contribution < -0.4 is 14.8 Å². The predicted molar refractivity (Wildman–Crippen MR) is 78.7 cm³/mol. The van der Waals surface area contributed by atoms with Gasteiger partial charge in [-0.05, 0) is 35.9 Å². The first-order valence-corrected chi connectivity index (χ1v) is 6.98. The topological polar surface area (TPSA) is 54.3 Å². The van der Waals surface area contributed by atoms with E-state index in [2.05, 4.69) is 21.2 Å². The standard InChI is InChI=1S/C15H10BrFN2O2/c16-12-5-15-14(20-8-21-15)4-10(12)7-19-13-2-1-11(17)3-9(13)6-18/h1-5,19H,7-8H2. The van der Waals surface area contributed by atoms with E-state index in [1.807, 2.05) is 18.2 Å². The van der Waals surface area contributed by atoms with Gasteiger partial charge in [0.2, 0.25) is 6.79 Å². The number of nitriles is 1. The largest absolute Gasteiger partial charge is 0.454 e. The fourth-order valence-corrected chi connectivity index (χ4v) is 2.51. The van der Waals surface area contributed by atoms with Crippen LogP contribution in [0.2, 0.25) is 0 Å². The Labute approximate surface area is 129 Å². The van der Waals surface area contributed by atoms with Crippen molar-refractivity contribution in [2.45, 2.75) is 6.54 Å². The molecular formula is C15H10BrFN2O2. The van der Waals surface area contributed by atoms with Crippen molar-refractivity contribution >= 4 is 21.6 Å². The van der Waals surface area contributed by atoms with Crippen molar-refractivity contribution in [3.63, 3.8) is 0 Å². The molecule has 1 aliphatic heterocycles. The Balaban J connectivity index is 1.81. The van der Waals surface area contributed by atoms with Crippen LogP contribution in [0.15, 0.2) is 34.8 Å². The van der Waals surface area contributed by atoms with Gasteiger partial charge >= 0.3 is 0 Å². The minimum atomic E-state index is -0.429. The number of hydrogen-bond acceptors (Lipinski definition) is 4. The van der Waals surface area contributed by atoms with Gasteiger partial charge in [-0.1, -0.05) is 15.9 Å². The molecule has 0 unspecified atom stereocenters. The van der Waals surface area contributed by atoms with E-state index in [1.165, 1.54) is 12.1 Å². The Kier molecular flexibility index (Phi) is 3.67. The summed E-state index contributed by atoms with van der Waals surface area (Å²) in [7, 11) is 0. The maximum Gasteiger partial charge on any atom is 0.231 e.